The summed E-state index contributed by atoms with van der Waals surface area (Å²) in [6.07, 6.45) is 1.91. The van der Waals surface area contributed by atoms with Crippen molar-refractivity contribution >= 4 is 0 Å². The topological polar surface area (TPSA) is 64.9 Å². The van der Waals surface area contributed by atoms with Gasteiger partial charge in [-0.2, -0.15) is 4.98 Å². The number of hydrogen-bond donors (Lipinski definition) is 1. The molecule has 0 aliphatic carbocycles. The number of aromatic nitrogens is 2. The average molecular weight is 183 g/mol. The van der Waals surface area contributed by atoms with Crippen molar-refractivity contribution in [1.29, 1.82) is 0 Å². The monoisotopic (exact) mass is 183 g/mol. The van der Waals surface area contributed by atoms with Crippen LogP contribution in [0.3, 0.4) is 0 Å². The zero-order valence-corrected chi connectivity index (χ0v) is 8.45. The molecular formula is C9H17N3O. The van der Waals surface area contributed by atoms with E-state index in [4.69, 9.17) is 10.3 Å². The second kappa shape index (κ2) is 4.37. The molecule has 1 atom stereocenters. The van der Waals surface area contributed by atoms with Crippen LogP contribution in [0.25, 0.3) is 0 Å². The SMILES string of the molecule is CC(C)CCc1nc(C(C)N)no1. The fourth-order valence-electron chi connectivity index (χ4n) is 0.967. The highest BCUT2D eigenvalue weighted by molar-refractivity contribution is 4.90. The van der Waals surface area contributed by atoms with Crippen molar-refractivity contribution < 1.29 is 4.52 Å². The Labute approximate surface area is 78.5 Å². The standard InChI is InChI=1S/C9H17N3O/c1-6(2)4-5-8-11-9(7(3)10)12-13-8/h6-7H,4-5,10H2,1-3H3. The van der Waals surface area contributed by atoms with E-state index < -0.39 is 0 Å². The fourth-order valence-corrected chi connectivity index (χ4v) is 0.967. The van der Waals surface area contributed by atoms with Gasteiger partial charge in [-0.05, 0) is 19.3 Å². The molecule has 4 heteroatoms. The van der Waals surface area contributed by atoms with Crippen LogP contribution in [-0.2, 0) is 6.42 Å². The zero-order valence-electron chi connectivity index (χ0n) is 8.45. The Morgan fingerprint density at radius 3 is 2.54 bits per heavy atom. The van der Waals surface area contributed by atoms with Gasteiger partial charge >= 0.3 is 0 Å². The van der Waals surface area contributed by atoms with Crippen LogP contribution in [0.4, 0.5) is 0 Å². The smallest absolute Gasteiger partial charge is 0.226 e. The number of aryl methyl sites for hydroxylation is 1. The van der Waals surface area contributed by atoms with Gasteiger partial charge in [-0.3, -0.25) is 0 Å². The lowest BCUT2D eigenvalue weighted by Crippen LogP contribution is -2.06. The zero-order chi connectivity index (χ0) is 9.84. The normalized spacial score (nSPS) is 13.6. The van der Waals surface area contributed by atoms with E-state index in [1.165, 1.54) is 0 Å². The molecule has 1 rings (SSSR count). The van der Waals surface area contributed by atoms with Crippen molar-refractivity contribution in [3.8, 4) is 0 Å². The summed E-state index contributed by atoms with van der Waals surface area (Å²) in [5, 5.41) is 3.78. The minimum Gasteiger partial charge on any atom is -0.339 e. The predicted octanol–water partition coefficient (Wildman–Crippen LogP) is 1.68. The minimum atomic E-state index is -0.142. The summed E-state index contributed by atoms with van der Waals surface area (Å²) in [5.41, 5.74) is 5.60. The number of rotatable bonds is 4. The van der Waals surface area contributed by atoms with Crippen LogP contribution in [0.1, 0.15) is 44.9 Å². The molecule has 0 aromatic carbocycles. The molecule has 0 fully saturated rings. The quantitative estimate of drug-likeness (QED) is 0.771. The van der Waals surface area contributed by atoms with E-state index in [0.29, 0.717) is 17.6 Å². The third kappa shape index (κ3) is 3.14. The van der Waals surface area contributed by atoms with Crippen LogP contribution in [0.5, 0.6) is 0 Å². The van der Waals surface area contributed by atoms with Crippen molar-refractivity contribution in [3.63, 3.8) is 0 Å². The van der Waals surface area contributed by atoms with Crippen molar-refractivity contribution in [2.45, 2.75) is 39.7 Å². The van der Waals surface area contributed by atoms with Gasteiger partial charge in [-0.1, -0.05) is 19.0 Å². The van der Waals surface area contributed by atoms with Gasteiger partial charge in [0.25, 0.3) is 0 Å². The largest absolute Gasteiger partial charge is 0.339 e. The second-order valence-corrected chi connectivity index (χ2v) is 3.77. The molecule has 1 unspecified atom stereocenters. The van der Waals surface area contributed by atoms with Crippen LogP contribution >= 0.6 is 0 Å². The summed E-state index contributed by atoms with van der Waals surface area (Å²) >= 11 is 0. The summed E-state index contributed by atoms with van der Waals surface area (Å²) in [6, 6.07) is -0.142. The maximum Gasteiger partial charge on any atom is 0.226 e. The first-order valence-corrected chi connectivity index (χ1v) is 4.67. The highest BCUT2D eigenvalue weighted by Gasteiger charge is 2.09. The van der Waals surface area contributed by atoms with E-state index in [-0.39, 0.29) is 6.04 Å². The van der Waals surface area contributed by atoms with E-state index in [1.54, 1.807) is 0 Å². The second-order valence-electron chi connectivity index (χ2n) is 3.77. The molecule has 0 aliphatic heterocycles. The van der Waals surface area contributed by atoms with Gasteiger partial charge < -0.3 is 10.3 Å². The van der Waals surface area contributed by atoms with Crippen molar-refractivity contribution in [1.82, 2.24) is 10.1 Å². The first-order chi connectivity index (χ1) is 6.09. The van der Waals surface area contributed by atoms with Crippen molar-refractivity contribution in [3.05, 3.63) is 11.7 Å². The van der Waals surface area contributed by atoms with Gasteiger partial charge in [0.05, 0.1) is 6.04 Å². The molecule has 0 amide bonds. The molecule has 0 radical (unpaired) electrons. The van der Waals surface area contributed by atoms with Gasteiger partial charge in [-0.15, -0.1) is 0 Å². The highest BCUT2D eigenvalue weighted by atomic mass is 16.5. The molecule has 1 aromatic heterocycles. The van der Waals surface area contributed by atoms with E-state index in [2.05, 4.69) is 24.0 Å². The number of hydrogen-bond acceptors (Lipinski definition) is 4. The van der Waals surface area contributed by atoms with E-state index in [1.807, 2.05) is 6.92 Å². The minimum absolute atomic E-state index is 0.142. The average Bonchev–Trinajstić information content (AvgIpc) is 2.48. The molecule has 0 spiro atoms. The Bertz CT molecular complexity index is 255. The molecule has 0 aliphatic rings. The van der Waals surface area contributed by atoms with E-state index >= 15 is 0 Å². The Kier molecular flexibility index (Phi) is 3.42. The summed E-state index contributed by atoms with van der Waals surface area (Å²) in [5.74, 6) is 1.95. The lowest BCUT2D eigenvalue weighted by Gasteiger charge is -1.98. The molecule has 1 heterocycles. The Balaban J connectivity index is 2.49. The van der Waals surface area contributed by atoms with Crippen molar-refractivity contribution in [2.75, 3.05) is 0 Å². The van der Waals surface area contributed by atoms with Gasteiger partial charge in [0.2, 0.25) is 5.89 Å². The maximum absolute atomic E-state index is 5.60. The number of nitrogens with two attached hydrogens (primary N) is 1. The van der Waals surface area contributed by atoms with Gasteiger partial charge in [-0.25, -0.2) is 0 Å². The Morgan fingerprint density at radius 2 is 2.08 bits per heavy atom. The maximum atomic E-state index is 5.60. The molecule has 0 bridgehead atoms. The summed E-state index contributed by atoms with van der Waals surface area (Å²) < 4.78 is 5.04. The summed E-state index contributed by atoms with van der Waals surface area (Å²) in [7, 11) is 0. The Morgan fingerprint density at radius 1 is 1.38 bits per heavy atom. The van der Waals surface area contributed by atoms with Gasteiger partial charge in [0, 0.05) is 6.42 Å². The summed E-state index contributed by atoms with van der Waals surface area (Å²) in [4.78, 5) is 4.18. The lowest BCUT2D eigenvalue weighted by molar-refractivity contribution is 0.361. The third-order valence-corrected chi connectivity index (χ3v) is 1.83. The van der Waals surface area contributed by atoms with Crippen LogP contribution < -0.4 is 5.73 Å². The molecular weight excluding hydrogens is 166 g/mol. The Hall–Kier alpha value is -0.900. The molecule has 0 saturated carbocycles. The summed E-state index contributed by atoms with van der Waals surface area (Å²) in [6.45, 7) is 6.18. The van der Waals surface area contributed by atoms with Crippen LogP contribution in [0.2, 0.25) is 0 Å². The first-order valence-electron chi connectivity index (χ1n) is 4.67. The first kappa shape index (κ1) is 10.2. The van der Waals surface area contributed by atoms with Gasteiger partial charge in [0.15, 0.2) is 5.82 Å². The molecule has 2 N–H and O–H groups in total. The molecule has 4 nitrogen and oxygen atoms in total. The third-order valence-electron chi connectivity index (χ3n) is 1.83. The molecule has 74 valence electrons. The molecule has 13 heavy (non-hydrogen) atoms. The van der Waals surface area contributed by atoms with Gasteiger partial charge in [0.1, 0.15) is 0 Å². The molecule has 1 aromatic rings. The van der Waals surface area contributed by atoms with E-state index in [0.717, 1.165) is 12.8 Å². The lowest BCUT2D eigenvalue weighted by atomic mass is 10.1. The molecule has 0 saturated heterocycles. The predicted molar refractivity (Wildman–Crippen MR) is 50.1 cm³/mol. The van der Waals surface area contributed by atoms with Crippen LogP contribution in [-0.4, -0.2) is 10.1 Å². The van der Waals surface area contributed by atoms with Crippen molar-refractivity contribution in [2.24, 2.45) is 11.7 Å². The fraction of sp³-hybridized carbons (Fsp3) is 0.778. The van der Waals surface area contributed by atoms with Crippen LogP contribution in [0.15, 0.2) is 4.52 Å². The number of nitrogens with zero attached hydrogens (tertiary/aromatic N) is 2. The van der Waals surface area contributed by atoms with Crippen LogP contribution in [0, 0.1) is 5.92 Å². The van der Waals surface area contributed by atoms with E-state index in [9.17, 15) is 0 Å². The highest BCUT2D eigenvalue weighted by Crippen LogP contribution is 2.09.